The van der Waals surface area contributed by atoms with Crippen molar-refractivity contribution in [3.8, 4) is 0 Å². The maximum atomic E-state index is 11.9. The highest BCUT2D eigenvalue weighted by atomic mass is 16.2. The number of rotatable bonds is 4. The van der Waals surface area contributed by atoms with Gasteiger partial charge >= 0.3 is 0 Å². The van der Waals surface area contributed by atoms with E-state index in [9.17, 15) is 4.79 Å². The monoisotopic (exact) mass is 227 g/mol. The minimum atomic E-state index is -0.364. The van der Waals surface area contributed by atoms with Gasteiger partial charge in [0.25, 0.3) is 0 Å². The zero-order valence-electron chi connectivity index (χ0n) is 10.7. The molecule has 0 spiro atoms. The number of nitrogens with zero attached hydrogens (tertiary/aromatic N) is 1. The number of carbonyl (C=O) groups excluding carboxylic acids is 1. The first kappa shape index (κ1) is 13.5. The van der Waals surface area contributed by atoms with Crippen molar-refractivity contribution in [1.29, 1.82) is 0 Å². The van der Waals surface area contributed by atoms with Gasteiger partial charge in [-0.3, -0.25) is 4.79 Å². The van der Waals surface area contributed by atoms with Crippen LogP contribution in [0.3, 0.4) is 0 Å². The molecule has 1 fully saturated rings. The van der Waals surface area contributed by atoms with Crippen LogP contribution in [0.2, 0.25) is 0 Å². The third kappa shape index (κ3) is 3.76. The van der Waals surface area contributed by atoms with E-state index in [1.807, 2.05) is 6.92 Å². The van der Waals surface area contributed by atoms with E-state index in [2.05, 4.69) is 24.2 Å². The molecule has 0 saturated carbocycles. The lowest BCUT2D eigenvalue weighted by Crippen LogP contribution is -2.52. The molecule has 0 aromatic heterocycles. The van der Waals surface area contributed by atoms with Crippen molar-refractivity contribution in [2.45, 2.75) is 45.2 Å². The van der Waals surface area contributed by atoms with E-state index in [4.69, 9.17) is 5.73 Å². The largest absolute Gasteiger partial charge is 0.351 e. The Bertz CT molecular complexity index is 232. The molecule has 3 unspecified atom stereocenters. The summed E-state index contributed by atoms with van der Waals surface area (Å²) in [7, 11) is 2.09. The van der Waals surface area contributed by atoms with Crippen molar-refractivity contribution in [1.82, 2.24) is 10.2 Å². The molecule has 4 heteroatoms. The minimum absolute atomic E-state index is 0.00894. The summed E-state index contributed by atoms with van der Waals surface area (Å²) in [5.74, 6) is 0.260. The van der Waals surface area contributed by atoms with Crippen LogP contribution < -0.4 is 11.1 Å². The summed E-state index contributed by atoms with van der Waals surface area (Å²) in [5.41, 5.74) is 5.90. The van der Waals surface area contributed by atoms with E-state index in [-0.39, 0.29) is 23.9 Å². The smallest absolute Gasteiger partial charge is 0.237 e. The van der Waals surface area contributed by atoms with Gasteiger partial charge in [0.2, 0.25) is 5.91 Å². The molecule has 3 N–H and O–H groups in total. The number of nitrogens with one attached hydrogen (secondary N) is 1. The maximum Gasteiger partial charge on any atom is 0.237 e. The van der Waals surface area contributed by atoms with E-state index in [0.29, 0.717) is 0 Å². The van der Waals surface area contributed by atoms with Gasteiger partial charge in [-0.05, 0) is 32.4 Å². The van der Waals surface area contributed by atoms with Gasteiger partial charge in [0.05, 0.1) is 6.04 Å². The molecule has 0 radical (unpaired) electrons. The maximum absolute atomic E-state index is 11.9. The Balaban J connectivity index is 2.38. The predicted octanol–water partition coefficient (Wildman–Crippen LogP) is 0.570. The molecule has 3 atom stereocenters. The highest BCUT2D eigenvalue weighted by molar-refractivity contribution is 5.82. The molecule has 1 aliphatic heterocycles. The Kier molecular flexibility index (Phi) is 5.22. The Morgan fingerprint density at radius 2 is 2.31 bits per heavy atom. The molecule has 4 nitrogen and oxygen atoms in total. The van der Waals surface area contributed by atoms with E-state index >= 15 is 0 Å². The van der Waals surface area contributed by atoms with Gasteiger partial charge in [0, 0.05) is 12.6 Å². The summed E-state index contributed by atoms with van der Waals surface area (Å²) in [6.07, 6.45) is 3.17. The summed E-state index contributed by atoms with van der Waals surface area (Å²) in [6, 6.07) is -0.0846. The van der Waals surface area contributed by atoms with Crippen molar-refractivity contribution in [3.05, 3.63) is 0 Å². The quantitative estimate of drug-likeness (QED) is 0.738. The third-order valence-corrected chi connectivity index (χ3v) is 3.53. The standard InChI is InChI=1S/C12H25N3O/c1-4-9(2)11(13)12(16)14-10-6-5-7-15(3)8-10/h9-11H,4-8,13H2,1-3H3,(H,14,16). The van der Waals surface area contributed by atoms with Gasteiger partial charge < -0.3 is 16.0 Å². The molecular formula is C12H25N3O. The SMILES string of the molecule is CCC(C)C(N)C(=O)NC1CCCN(C)C1. The number of likely N-dealkylation sites (tertiary alicyclic amines) is 1. The second-order valence-electron chi connectivity index (χ2n) is 5.02. The molecule has 0 aromatic carbocycles. The molecule has 16 heavy (non-hydrogen) atoms. The second-order valence-corrected chi connectivity index (χ2v) is 5.02. The molecule has 1 saturated heterocycles. The van der Waals surface area contributed by atoms with E-state index < -0.39 is 0 Å². The molecule has 0 aromatic rings. The van der Waals surface area contributed by atoms with Gasteiger partial charge in [0.1, 0.15) is 0 Å². The van der Waals surface area contributed by atoms with Gasteiger partial charge in [-0.2, -0.15) is 0 Å². The van der Waals surface area contributed by atoms with Crippen LogP contribution in [0.15, 0.2) is 0 Å². The summed E-state index contributed by atoms with van der Waals surface area (Å²) in [4.78, 5) is 14.1. The molecule has 0 aliphatic carbocycles. The summed E-state index contributed by atoms with van der Waals surface area (Å²) in [6.45, 7) is 6.16. The Hall–Kier alpha value is -0.610. The predicted molar refractivity (Wildman–Crippen MR) is 66.1 cm³/mol. The lowest BCUT2D eigenvalue weighted by atomic mass is 9.98. The average Bonchev–Trinajstić information content (AvgIpc) is 2.27. The molecular weight excluding hydrogens is 202 g/mol. The fourth-order valence-corrected chi connectivity index (χ4v) is 2.09. The number of nitrogens with two attached hydrogens (primary N) is 1. The highest BCUT2D eigenvalue weighted by Crippen LogP contribution is 2.10. The van der Waals surface area contributed by atoms with Crippen LogP contribution in [-0.4, -0.2) is 43.0 Å². The number of piperidine rings is 1. The van der Waals surface area contributed by atoms with Gasteiger partial charge in [-0.1, -0.05) is 20.3 Å². The van der Waals surface area contributed by atoms with Crippen molar-refractivity contribution in [2.24, 2.45) is 11.7 Å². The fourth-order valence-electron chi connectivity index (χ4n) is 2.09. The number of carbonyl (C=O) groups is 1. The number of likely N-dealkylation sites (N-methyl/N-ethyl adjacent to an activating group) is 1. The Morgan fingerprint density at radius 3 is 2.88 bits per heavy atom. The first-order chi connectivity index (χ1) is 7.54. The molecule has 1 heterocycles. The molecule has 0 bridgehead atoms. The Labute approximate surface area is 98.6 Å². The van der Waals surface area contributed by atoms with Crippen molar-refractivity contribution >= 4 is 5.91 Å². The third-order valence-electron chi connectivity index (χ3n) is 3.53. The first-order valence-electron chi connectivity index (χ1n) is 6.29. The van der Waals surface area contributed by atoms with Crippen LogP contribution >= 0.6 is 0 Å². The average molecular weight is 227 g/mol. The number of hydrogen-bond donors (Lipinski definition) is 2. The Morgan fingerprint density at radius 1 is 1.62 bits per heavy atom. The molecule has 1 amide bonds. The summed E-state index contributed by atoms with van der Waals surface area (Å²) < 4.78 is 0. The van der Waals surface area contributed by atoms with Crippen LogP contribution in [0.4, 0.5) is 0 Å². The minimum Gasteiger partial charge on any atom is -0.351 e. The van der Waals surface area contributed by atoms with Crippen molar-refractivity contribution < 1.29 is 4.79 Å². The van der Waals surface area contributed by atoms with Gasteiger partial charge in [0.15, 0.2) is 0 Å². The normalized spacial score (nSPS) is 26.1. The van der Waals surface area contributed by atoms with Gasteiger partial charge in [-0.15, -0.1) is 0 Å². The first-order valence-corrected chi connectivity index (χ1v) is 6.29. The van der Waals surface area contributed by atoms with Crippen LogP contribution in [0.1, 0.15) is 33.1 Å². The van der Waals surface area contributed by atoms with E-state index in [1.54, 1.807) is 0 Å². The van der Waals surface area contributed by atoms with E-state index in [0.717, 1.165) is 32.4 Å². The fraction of sp³-hybridized carbons (Fsp3) is 0.917. The second kappa shape index (κ2) is 6.21. The van der Waals surface area contributed by atoms with Crippen LogP contribution in [0.5, 0.6) is 0 Å². The van der Waals surface area contributed by atoms with Crippen LogP contribution in [0.25, 0.3) is 0 Å². The van der Waals surface area contributed by atoms with Crippen LogP contribution in [-0.2, 0) is 4.79 Å². The molecule has 94 valence electrons. The number of hydrogen-bond acceptors (Lipinski definition) is 3. The van der Waals surface area contributed by atoms with Gasteiger partial charge in [-0.25, -0.2) is 0 Å². The van der Waals surface area contributed by atoms with Crippen molar-refractivity contribution in [3.63, 3.8) is 0 Å². The zero-order valence-corrected chi connectivity index (χ0v) is 10.7. The summed E-state index contributed by atoms with van der Waals surface area (Å²) in [5, 5.41) is 3.06. The number of amides is 1. The van der Waals surface area contributed by atoms with Crippen LogP contribution in [0, 0.1) is 5.92 Å². The lowest BCUT2D eigenvalue weighted by Gasteiger charge is -2.31. The topological polar surface area (TPSA) is 58.4 Å². The van der Waals surface area contributed by atoms with Crippen molar-refractivity contribution in [2.75, 3.05) is 20.1 Å². The lowest BCUT2D eigenvalue weighted by molar-refractivity contribution is -0.124. The van der Waals surface area contributed by atoms with E-state index in [1.165, 1.54) is 0 Å². The highest BCUT2D eigenvalue weighted by Gasteiger charge is 2.24. The molecule has 1 rings (SSSR count). The summed E-state index contributed by atoms with van der Waals surface area (Å²) >= 11 is 0. The zero-order chi connectivity index (χ0) is 12.1. The molecule has 1 aliphatic rings.